The third-order valence-corrected chi connectivity index (χ3v) is 2.17. The van der Waals surface area contributed by atoms with Gasteiger partial charge in [-0.15, -0.1) is 0 Å². The van der Waals surface area contributed by atoms with E-state index >= 15 is 0 Å². The molecular formula is C11H11N5. The van der Waals surface area contributed by atoms with Crippen molar-refractivity contribution in [3.63, 3.8) is 0 Å². The fourth-order valence-electron chi connectivity index (χ4n) is 1.34. The molecule has 0 spiro atoms. The Balaban J connectivity index is 1.83. The zero-order chi connectivity index (χ0) is 11.2. The lowest BCUT2D eigenvalue weighted by Crippen LogP contribution is -2.05. The molecule has 16 heavy (non-hydrogen) atoms. The number of aromatic nitrogens is 3. The van der Waals surface area contributed by atoms with Crippen molar-refractivity contribution in [1.29, 1.82) is 5.26 Å². The predicted molar refractivity (Wildman–Crippen MR) is 59.7 cm³/mol. The number of H-pyrrole nitrogens is 1. The van der Waals surface area contributed by atoms with Gasteiger partial charge < -0.3 is 5.32 Å². The standard InChI is InChI=1S/C11H11N5/c12-7-9-1-3-10(4-2-9)13-6-5-11-14-8-15-16-11/h1-4,8,13H,5-6H2,(H,14,15,16). The van der Waals surface area contributed by atoms with E-state index in [1.807, 2.05) is 12.1 Å². The molecule has 0 radical (unpaired) electrons. The average molecular weight is 213 g/mol. The number of anilines is 1. The molecule has 5 nitrogen and oxygen atoms in total. The van der Waals surface area contributed by atoms with Crippen molar-refractivity contribution in [3.05, 3.63) is 42.0 Å². The van der Waals surface area contributed by atoms with Crippen molar-refractivity contribution in [2.75, 3.05) is 11.9 Å². The quantitative estimate of drug-likeness (QED) is 0.803. The van der Waals surface area contributed by atoms with Crippen LogP contribution in [0.5, 0.6) is 0 Å². The second-order valence-electron chi connectivity index (χ2n) is 3.30. The van der Waals surface area contributed by atoms with E-state index in [0.29, 0.717) is 5.56 Å². The molecule has 5 heteroatoms. The molecule has 1 aromatic heterocycles. The van der Waals surface area contributed by atoms with Crippen LogP contribution in [0.3, 0.4) is 0 Å². The van der Waals surface area contributed by atoms with Crippen molar-refractivity contribution in [2.24, 2.45) is 0 Å². The van der Waals surface area contributed by atoms with Gasteiger partial charge in [0.1, 0.15) is 12.2 Å². The number of hydrogen-bond donors (Lipinski definition) is 2. The van der Waals surface area contributed by atoms with E-state index in [4.69, 9.17) is 5.26 Å². The van der Waals surface area contributed by atoms with Gasteiger partial charge >= 0.3 is 0 Å². The first kappa shape index (κ1) is 10.2. The summed E-state index contributed by atoms with van der Waals surface area (Å²) < 4.78 is 0. The first-order valence-corrected chi connectivity index (χ1v) is 4.97. The molecule has 80 valence electrons. The van der Waals surface area contributed by atoms with E-state index in [1.165, 1.54) is 6.33 Å². The maximum atomic E-state index is 8.64. The maximum Gasteiger partial charge on any atom is 0.137 e. The monoisotopic (exact) mass is 213 g/mol. The van der Waals surface area contributed by atoms with Crippen molar-refractivity contribution < 1.29 is 0 Å². The molecule has 2 N–H and O–H groups in total. The summed E-state index contributed by atoms with van der Waals surface area (Å²) in [5.41, 5.74) is 1.67. The molecule has 0 aliphatic carbocycles. The van der Waals surface area contributed by atoms with Gasteiger partial charge in [0.15, 0.2) is 0 Å². The van der Waals surface area contributed by atoms with Gasteiger partial charge in [0, 0.05) is 18.7 Å². The normalized spacial score (nSPS) is 9.69. The van der Waals surface area contributed by atoms with E-state index < -0.39 is 0 Å². The summed E-state index contributed by atoms with van der Waals surface area (Å²) in [5.74, 6) is 0.862. The van der Waals surface area contributed by atoms with Crippen molar-refractivity contribution in [1.82, 2.24) is 15.2 Å². The minimum Gasteiger partial charge on any atom is -0.385 e. The number of hydrogen-bond acceptors (Lipinski definition) is 4. The fraction of sp³-hybridized carbons (Fsp3) is 0.182. The second-order valence-corrected chi connectivity index (χ2v) is 3.30. The van der Waals surface area contributed by atoms with Crippen LogP contribution in [0.4, 0.5) is 5.69 Å². The Morgan fingerprint density at radius 3 is 2.75 bits per heavy atom. The van der Waals surface area contributed by atoms with E-state index in [9.17, 15) is 0 Å². The zero-order valence-electron chi connectivity index (χ0n) is 8.64. The van der Waals surface area contributed by atoms with Gasteiger partial charge in [-0.25, -0.2) is 4.98 Å². The van der Waals surface area contributed by atoms with Crippen LogP contribution in [0.2, 0.25) is 0 Å². The molecule has 0 amide bonds. The first-order valence-electron chi connectivity index (χ1n) is 4.97. The Morgan fingerprint density at radius 1 is 1.31 bits per heavy atom. The van der Waals surface area contributed by atoms with Crippen LogP contribution in [0, 0.1) is 11.3 Å². The number of nitrogens with one attached hydrogen (secondary N) is 2. The largest absolute Gasteiger partial charge is 0.385 e. The van der Waals surface area contributed by atoms with Gasteiger partial charge in [-0.3, -0.25) is 5.10 Å². The zero-order valence-corrected chi connectivity index (χ0v) is 8.64. The van der Waals surface area contributed by atoms with Crippen LogP contribution in [0.15, 0.2) is 30.6 Å². The number of nitrogens with zero attached hydrogens (tertiary/aromatic N) is 3. The summed E-state index contributed by atoms with van der Waals surface area (Å²) in [7, 11) is 0. The highest BCUT2D eigenvalue weighted by Crippen LogP contribution is 2.08. The highest BCUT2D eigenvalue weighted by Gasteiger charge is 1.96. The summed E-state index contributed by atoms with van der Waals surface area (Å²) >= 11 is 0. The molecule has 0 saturated carbocycles. The molecular weight excluding hydrogens is 202 g/mol. The van der Waals surface area contributed by atoms with Gasteiger partial charge in [0.2, 0.25) is 0 Å². The Hall–Kier alpha value is -2.35. The minimum absolute atomic E-state index is 0.667. The van der Waals surface area contributed by atoms with Crippen LogP contribution in [0.25, 0.3) is 0 Å². The smallest absolute Gasteiger partial charge is 0.137 e. The van der Waals surface area contributed by atoms with Crippen LogP contribution in [-0.4, -0.2) is 21.7 Å². The highest BCUT2D eigenvalue weighted by atomic mass is 15.2. The second kappa shape index (κ2) is 4.94. The van der Waals surface area contributed by atoms with Crippen molar-refractivity contribution in [3.8, 4) is 6.07 Å². The predicted octanol–water partition coefficient (Wildman–Crippen LogP) is 1.33. The number of rotatable bonds is 4. The number of benzene rings is 1. The van der Waals surface area contributed by atoms with Gasteiger partial charge in [0.25, 0.3) is 0 Å². The van der Waals surface area contributed by atoms with Gasteiger partial charge in [-0.2, -0.15) is 10.4 Å². The molecule has 0 aliphatic heterocycles. The summed E-state index contributed by atoms with van der Waals surface area (Å²) in [4.78, 5) is 4.03. The maximum absolute atomic E-state index is 8.64. The minimum atomic E-state index is 0.667. The molecule has 0 bridgehead atoms. The van der Waals surface area contributed by atoms with E-state index in [1.54, 1.807) is 12.1 Å². The lowest BCUT2D eigenvalue weighted by Gasteiger charge is -2.04. The summed E-state index contributed by atoms with van der Waals surface area (Å²) in [6.45, 7) is 0.779. The molecule has 1 aromatic carbocycles. The molecule has 0 fully saturated rings. The third-order valence-electron chi connectivity index (χ3n) is 2.17. The SMILES string of the molecule is N#Cc1ccc(NCCc2ncn[nH]2)cc1. The van der Waals surface area contributed by atoms with E-state index in [-0.39, 0.29) is 0 Å². The van der Waals surface area contributed by atoms with Crippen molar-refractivity contribution in [2.45, 2.75) is 6.42 Å². The third kappa shape index (κ3) is 2.58. The molecule has 1 heterocycles. The van der Waals surface area contributed by atoms with Crippen LogP contribution in [0.1, 0.15) is 11.4 Å². The lowest BCUT2D eigenvalue weighted by atomic mass is 10.2. The molecule has 0 atom stereocenters. The van der Waals surface area contributed by atoms with Gasteiger partial charge in [-0.1, -0.05) is 0 Å². The van der Waals surface area contributed by atoms with Gasteiger partial charge in [-0.05, 0) is 24.3 Å². The molecule has 2 aromatic rings. The Bertz CT molecular complexity index is 466. The number of nitriles is 1. The van der Waals surface area contributed by atoms with E-state index in [0.717, 1.165) is 24.5 Å². The lowest BCUT2D eigenvalue weighted by molar-refractivity contribution is 0.901. The Kier molecular flexibility index (Phi) is 3.14. The summed E-state index contributed by atoms with van der Waals surface area (Å²) in [6.07, 6.45) is 2.29. The Labute approximate surface area is 93.1 Å². The summed E-state index contributed by atoms with van der Waals surface area (Å²) in [5, 5.41) is 18.4. The average Bonchev–Trinajstić information content (AvgIpc) is 2.83. The van der Waals surface area contributed by atoms with E-state index in [2.05, 4.69) is 26.6 Å². The Morgan fingerprint density at radius 2 is 2.12 bits per heavy atom. The number of aromatic amines is 1. The topological polar surface area (TPSA) is 77.4 Å². The molecule has 0 unspecified atom stereocenters. The summed E-state index contributed by atoms with van der Waals surface area (Å²) in [6, 6.07) is 9.43. The van der Waals surface area contributed by atoms with Gasteiger partial charge in [0.05, 0.1) is 11.6 Å². The van der Waals surface area contributed by atoms with Crippen LogP contribution in [-0.2, 0) is 6.42 Å². The molecule has 0 aliphatic rings. The van der Waals surface area contributed by atoms with Crippen LogP contribution < -0.4 is 5.32 Å². The van der Waals surface area contributed by atoms with Crippen molar-refractivity contribution >= 4 is 5.69 Å². The highest BCUT2D eigenvalue weighted by molar-refractivity contribution is 5.47. The fourth-order valence-corrected chi connectivity index (χ4v) is 1.34. The first-order chi connectivity index (χ1) is 7.88. The molecule has 2 rings (SSSR count). The van der Waals surface area contributed by atoms with Crippen LogP contribution >= 0.6 is 0 Å². The molecule has 0 saturated heterocycles.